The van der Waals surface area contributed by atoms with Crippen LogP contribution in [-0.2, 0) is 0 Å². The molecule has 0 amide bonds. The van der Waals surface area contributed by atoms with Gasteiger partial charge >= 0.3 is 5.97 Å². The van der Waals surface area contributed by atoms with Crippen LogP contribution in [0.5, 0.6) is 11.5 Å². The Balaban J connectivity index is 2.68. The lowest BCUT2D eigenvalue weighted by Gasteiger charge is -2.11. The fraction of sp³-hybridized carbons (Fsp3) is 0.0714. The van der Waals surface area contributed by atoms with Gasteiger partial charge in [0.1, 0.15) is 0 Å². The SMILES string of the molecule is COc1cc(C(=O)O)cc(-c2cccc(N)c2)c1O. The second-order valence-electron chi connectivity index (χ2n) is 4.01. The maximum Gasteiger partial charge on any atom is 0.335 e. The number of hydrogen-bond donors (Lipinski definition) is 3. The lowest BCUT2D eigenvalue weighted by Crippen LogP contribution is -1.98. The highest BCUT2D eigenvalue weighted by Gasteiger charge is 2.15. The molecule has 0 spiro atoms. The maximum absolute atomic E-state index is 11.1. The molecule has 4 N–H and O–H groups in total. The van der Waals surface area contributed by atoms with Crippen LogP contribution in [-0.4, -0.2) is 23.3 Å². The average Bonchev–Trinajstić information content (AvgIpc) is 2.38. The summed E-state index contributed by atoms with van der Waals surface area (Å²) in [6, 6.07) is 9.47. The standard InChI is InChI=1S/C14H13NO4/c1-19-12-7-9(14(17)18)6-11(13(12)16)8-3-2-4-10(15)5-8/h2-7,16H,15H2,1H3,(H,17,18). The van der Waals surface area contributed by atoms with E-state index < -0.39 is 5.97 Å². The number of phenolic OH excluding ortho intramolecular Hbond substituents is 1. The first-order valence-corrected chi connectivity index (χ1v) is 5.53. The molecule has 0 fully saturated rings. The molecule has 98 valence electrons. The van der Waals surface area contributed by atoms with Gasteiger partial charge in [0.05, 0.1) is 12.7 Å². The zero-order valence-electron chi connectivity index (χ0n) is 10.3. The summed E-state index contributed by atoms with van der Waals surface area (Å²) in [5.41, 5.74) is 7.23. The molecule has 0 aliphatic carbocycles. The van der Waals surface area contributed by atoms with Gasteiger partial charge in [-0.2, -0.15) is 0 Å². The van der Waals surface area contributed by atoms with Gasteiger partial charge < -0.3 is 20.7 Å². The Hall–Kier alpha value is -2.69. The molecular formula is C14H13NO4. The summed E-state index contributed by atoms with van der Waals surface area (Å²) in [5.74, 6) is -1.10. The molecular weight excluding hydrogens is 246 g/mol. The predicted molar refractivity (Wildman–Crippen MR) is 71.5 cm³/mol. The molecule has 0 bridgehead atoms. The molecule has 19 heavy (non-hydrogen) atoms. The number of carboxylic acid groups (broad SMARTS) is 1. The van der Waals surface area contributed by atoms with Crippen LogP contribution < -0.4 is 10.5 Å². The van der Waals surface area contributed by atoms with Gasteiger partial charge in [0.15, 0.2) is 11.5 Å². The fourth-order valence-electron chi connectivity index (χ4n) is 1.81. The van der Waals surface area contributed by atoms with Gasteiger partial charge in [0, 0.05) is 11.3 Å². The number of nitrogens with two attached hydrogens (primary N) is 1. The van der Waals surface area contributed by atoms with E-state index in [0.717, 1.165) is 0 Å². The lowest BCUT2D eigenvalue weighted by atomic mass is 10.0. The molecule has 2 rings (SSSR count). The first-order chi connectivity index (χ1) is 9.02. The predicted octanol–water partition coefficient (Wildman–Crippen LogP) is 2.35. The van der Waals surface area contributed by atoms with Crippen molar-refractivity contribution in [2.24, 2.45) is 0 Å². The second kappa shape index (κ2) is 4.89. The van der Waals surface area contributed by atoms with Crippen LogP contribution in [0.1, 0.15) is 10.4 Å². The number of methoxy groups -OCH3 is 1. The molecule has 0 atom stereocenters. The Morgan fingerprint density at radius 1 is 1.26 bits per heavy atom. The Morgan fingerprint density at radius 3 is 2.58 bits per heavy atom. The zero-order valence-corrected chi connectivity index (χ0v) is 10.3. The number of anilines is 1. The van der Waals surface area contributed by atoms with Crippen LogP contribution in [0.3, 0.4) is 0 Å². The topological polar surface area (TPSA) is 92.8 Å². The van der Waals surface area contributed by atoms with Crippen molar-refractivity contribution in [2.75, 3.05) is 12.8 Å². The monoisotopic (exact) mass is 259 g/mol. The Kier molecular flexibility index (Phi) is 3.29. The minimum atomic E-state index is -1.09. The Morgan fingerprint density at radius 2 is 2.00 bits per heavy atom. The summed E-state index contributed by atoms with van der Waals surface area (Å²) in [4.78, 5) is 11.1. The number of rotatable bonds is 3. The third kappa shape index (κ3) is 2.44. The molecule has 0 radical (unpaired) electrons. The number of phenols is 1. The highest BCUT2D eigenvalue weighted by atomic mass is 16.5. The molecule has 0 aliphatic rings. The smallest absolute Gasteiger partial charge is 0.335 e. The molecule has 5 heteroatoms. The van der Waals surface area contributed by atoms with Gasteiger partial charge in [-0.1, -0.05) is 12.1 Å². The van der Waals surface area contributed by atoms with Crippen LogP contribution >= 0.6 is 0 Å². The summed E-state index contributed by atoms with van der Waals surface area (Å²) in [7, 11) is 1.36. The molecule has 0 saturated heterocycles. The molecule has 5 nitrogen and oxygen atoms in total. The quantitative estimate of drug-likeness (QED) is 0.736. The Bertz CT molecular complexity index is 637. The molecule has 0 aliphatic heterocycles. The van der Waals surface area contributed by atoms with Crippen molar-refractivity contribution in [3.63, 3.8) is 0 Å². The second-order valence-corrected chi connectivity index (χ2v) is 4.01. The normalized spacial score (nSPS) is 10.2. The zero-order chi connectivity index (χ0) is 14.0. The number of nitrogen functional groups attached to an aromatic ring is 1. The van der Waals surface area contributed by atoms with Gasteiger partial charge in [-0.3, -0.25) is 0 Å². The van der Waals surface area contributed by atoms with E-state index in [1.54, 1.807) is 24.3 Å². The van der Waals surface area contributed by atoms with Crippen LogP contribution in [0.2, 0.25) is 0 Å². The van der Waals surface area contributed by atoms with Gasteiger partial charge in [-0.05, 0) is 29.8 Å². The molecule has 0 heterocycles. The average molecular weight is 259 g/mol. The van der Waals surface area contributed by atoms with Crippen molar-refractivity contribution in [3.05, 3.63) is 42.0 Å². The minimum Gasteiger partial charge on any atom is -0.504 e. The molecule has 0 aromatic heterocycles. The van der Waals surface area contributed by atoms with E-state index in [9.17, 15) is 9.90 Å². The third-order valence-electron chi connectivity index (χ3n) is 2.74. The number of aromatic carboxylic acids is 1. The van der Waals surface area contributed by atoms with E-state index in [2.05, 4.69) is 0 Å². The summed E-state index contributed by atoms with van der Waals surface area (Å²) in [6.45, 7) is 0. The van der Waals surface area contributed by atoms with E-state index in [-0.39, 0.29) is 17.1 Å². The van der Waals surface area contributed by atoms with Crippen molar-refractivity contribution in [1.29, 1.82) is 0 Å². The largest absolute Gasteiger partial charge is 0.504 e. The van der Waals surface area contributed by atoms with Crippen molar-refractivity contribution >= 4 is 11.7 Å². The number of aromatic hydroxyl groups is 1. The van der Waals surface area contributed by atoms with Crippen LogP contribution in [0.15, 0.2) is 36.4 Å². The third-order valence-corrected chi connectivity index (χ3v) is 2.74. The fourth-order valence-corrected chi connectivity index (χ4v) is 1.81. The van der Waals surface area contributed by atoms with Gasteiger partial charge in [-0.25, -0.2) is 4.79 Å². The minimum absolute atomic E-state index is 0.0343. The number of benzene rings is 2. The lowest BCUT2D eigenvalue weighted by molar-refractivity contribution is 0.0696. The van der Waals surface area contributed by atoms with Gasteiger partial charge in [0.2, 0.25) is 0 Å². The van der Waals surface area contributed by atoms with Crippen molar-refractivity contribution in [2.45, 2.75) is 0 Å². The Labute approximate surface area is 109 Å². The van der Waals surface area contributed by atoms with E-state index in [1.807, 2.05) is 0 Å². The highest BCUT2D eigenvalue weighted by molar-refractivity contribution is 5.92. The first-order valence-electron chi connectivity index (χ1n) is 5.53. The first kappa shape index (κ1) is 12.8. The molecule has 2 aromatic rings. The van der Waals surface area contributed by atoms with Crippen LogP contribution in [0.4, 0.5) is 5.69 Å². The van der Waals surface area contributed by atoms with E-state index in [0.29, 0.717) is 16.8 Å². The number of carboxylic acids is 1. The van der Waals surface area contributed by atoms with E-state index >= 15 is 0 Å². The van der Waals surface area contributed by atoms with Crippen molar-refractivity contribution < 1.29 is 19.7 Å². The van der Waals surface area contributed by atoms with Crippen molar-refractivity contribution in [1.82, 2.24) is 0 Å². The molecule has 2 aromatic carbocycles. The van der Waals surface area contributed by atoms with Crippen LogP contribution in [0, 0.1) is 0 Å². The summed E-state index contributed by atoms with van der Waals surface area (Å²) < 4.78 is 4.98. The van der Waals surface area contributed by atoms with Crippen LogP contribution in [0.25, 0.3) is 11.1 Å². The summed E-state index contributed by atoms with van der Waals surface area (Å²) in [5, 5.41) is 19.1. The maximum atomic E-state index is 11.1. The summed E-state index contributed by atoms with van der Waals surface area (Å²) in [6.07, 6.45) is 0. The van der Waals surface area contributed by atoms with E-state index in [4.69, 9.17) is 15.6 Å². The highest BCUT2D eigenvalue weighted by Crippen LogP contribution is 2.38. The summed E-state index contributed by atoms with van der Waals surface area (Å²) >= 11 is 0. The van der Waals surface area contributed by atoms with E-state index in [1.165, 1.54) is 19.2 Å². The molecule has 0 unspecified atom stereocenters. The molecule has 0 saturated carbocycles. The number of hydrogen-bond acceptors (Lipinski definition) is 4. The number of ether oxygens (including phenoxy) is 1. The van der Waals surface area contributed by atoms with Crippen molar-refractivity contribution in [3.8, 4) is 22.6 Å². The van der Waals surface area contributed by atoms with Gasteiger partial charge in [-0.15, -0.1) is 0 Å². The number of carbonyl (C=O) groups is 1. The van der Waals surface area contributed by atoms with Gasteiger partial charge in [0.25, 0.3) is 0 Å².